The number of benzene rings is 1. The molecule has 0 spiro atoms. The van der Waals surface area contributed by atoms with Crippen LogP contribution in [-0.2, 0) is 12.7 Å². The average Bonchev–Trinajstić information content (AvgIpc) is 2.38. The van der Waals surface area contributed by atoms with Gasteiger partial charge in [0.15, 0.2) is 0 Å². The number of nitrogens with one attached hydrogen (secondary N) is 1. The summed E-state index contributed by atoms with van der Waals surface area (Å²) < 4.78 is 39.1. The van der Waals surface area contributed by atoms with Crippen molar-refractivity contribution in [3.05, 3.63) is 27.7 Å². The lowest BCUT2D eigenvalue weighted by Crippen LogP contribution is -2.35. The first-order valence-electron chi connectivity index (χ1n) is 6.84. The molecule has 1 aromatic carbocycles. The van der Waals surface area contributed by atoms with Crippen LogP contribution in [-0.4, -0.2) is 17.3 Å². The molecule has 0 unspecified atom stereocenters. The normalized spacial score (nSPS) is 23.3. The van der Waals surface area contributed by atoms with Crippen molar-refractivity contribution in [1.82, 2.24) is 5.32 Å². The zero-order valence-electron chi connectivity index (χ0n) is 11.4. The van der Waals surface area contributed by atoms with E-state index in [0.29, 0.717) is 16.5 Å². The fourth-order valence-corrected chi connectivity index (χ4v) is 3.16. The van der Waals surface area contributed by atoms with Crippen LogP contribution in [0.4, 0.5) is 18.9 Å². The summed E-state index contributed by atoms with van der Waals surface area (Å²) in [5.41, 5.74) is 5.00. The lowest BCUT2D eigenvalue weighted by atomic mass is 9.93. The second-order valence-corrected chi connectivity index (χ2v) is 6.34. The van der Waals surface area contributed by atoms with Gasteiger partial charge in [-0.25, -0.2) is 0 Å². The summed E-state index contributed by atoms with van der Waals surface area (Å²) in [6.07, 6.45) is -1.56. The first kappa shape index (κ1) is 16.6. The maximum absolute atomic E-state index is 12.9. The van der Waals surface area contributed by atoms with E-state index >= 15 is 0 Å². The third kappa shape index (κ3) is 4.34. The molecular formula is C14H18BrF3N2O. The molecule has 1 fully saturated rings. The minimum absolute atomic E-state index is 0.112. The molecule has 1 aliphatic carbocycles. The summed E-state index contributed by atoms with van der Waals surface area (Å²) >= 11 is 3.09. The Bertz CT molecular complexity index is 508. The molecule has 0 aromatic heterocycles. The van der Waals surface area contributed by atoms with Gasteiger partial charge in [-0.3, -0.25) is 0 Å². The molecule has 2 rings (SSSR count). The van der Waals surface area contributed by atoms with Crippen molar-refractivity contribution in [2.24, 2.45) is 0 Å². The lowest BCUT2D eigenvalue weighted by Gasteiger charge is -2.27. The van der Waals surface area contributed by atoms with Gasteiger partial charge in [0.2, 0.25) is 0 Å². The number of aliphatic hydroxyl groups is 1. The standard InChI is InChI=1S/C14H18BrF3N2O/c15-9-4-8(13(19)12(5-9)14(16,17)18)7-20-10-2-1-3-11(21)6-10/h4-5,10-11,20-21H,1-3,6-7,19H2/t10-,11+/m0/s1. The minimum Gasteiger partial charge on any atom is -0.398 e. The Hall–Kier alpha value is -0.790. The van der Waals surface area contributed by atoms with E-state index in [1.165, 1.54) is 0 Å². The number of anilines is 1. The number of hydrogen-bond acceptors (Lipinski definition) is 3. The van der Waals surface area contributed by atoms with Gasteiger partial charge in [0.05, 0.1) is 11.7 Å². The molecule has 0 aliphatic heterocycles. The number of nitrogens with two attached hydrogens (primary N) is 1. The summed E-state index contributed by atoms with van der Waals surface area (Å²) in [4.78, 5) is 0. The summed E-state index contributed by atoms with van der Waals surface area (Å²) in [5.74, 6) is 0. The molecule has 0 radical (unpaired) electrons. The van der Waals surface area contributed by atoms with Crippen LogP contribution < -0.4 is 11.1 Å². The van der Waals surface area contributed by atoms with Gasteiger partial charge in [0.25, 0.3) is 0 Å². The van der Waals surface area contributed by atoms with Crippen LogP contribution in [0.3, 0.4) is 0 Å². The van der Waals surface area contributed by atoms with Gasteiger partial charge in [0.1, 0.15) is 0 Å². The van der Waals surface area contributed by atoms with Crippen molar-refractivity contribution < 1.29 is 18.3 Å². The lowest BCUT2D eigenvalue weighted by molar-refractivity contribution is -0.137. The molecule has 0 bridgehead atoms. The van der Waals surface area contributed by atoms with Crippen molar-refractivity contribution in [3.8, 4) is 0 Å². The zero-order valence-corrected chi connectivity index (χ0v) is 13.0. The summed E-state index contributed by atoms with van der Waals surface area (Å²) in [5, 5.41) is 12.8. The van der Waals surface area contributed by atoms with Gasteiger partial charge in [-0.15, -0.1) is 0 Å². The van der Waals surface area contributed by atoms with Crippen molar-refractivity contribution in [1.29, 1.82) is 0 Å². The predicted octanol–water partition coefficient (Wildman–Crippen LogP) is 3.44. The average molecular weight is 367 g/mol. The molecule has 4 N–H and O–H groups in total. The maximum atomic E-state index is 12.9. The minimum atomic E-state index is -4.47. The molecule has 118 valence electrons. The number of alkyl halides is 3. The molecule has 0 heterocycles. The van der Waals surface area contributed by atoms with E-state index in [2.05, 4.69) is 21.2 Å². The molecular weight excluding hydrogens is 349 g/mol. The Morgan fingerprint density at radius 2 is 2.05 bits per heavy atom. The molecule has 3 nitrogen and oxygen atoms in total. The molecule has 7 heteroatoms. The number of rotatable bonds is 3. The van der Waals surface area contributed by atoms with Gasteiger partial charge in [-0.1, -0.05) is 15.9 Å². The number of hydrogen-bond donors (Lipinski definition) is 3. The SMILES string of the molecule is Nc1c(CN[C@H]2CCC[C@@H](O)C2)cc(Br)cc1C(F)(F)F. The first-order valence-corrected chi connectivity index (χ1v) is 7.63. The Morgan fingerprint density at radius 1 is 1.33 bits per heavy atom. The fraction of sp³-hybridized carbons (Fsp3) is 0.571. The highest BCUT2D eigenvalue weighted by atomic mass is 79.9. The quantitative estimate of drug-likeness (QED) is 0.718. The number of nitrogen functional groups attached to an aromatic ring is 1. The van der Waals surface area contributed by atoms with Crippen LogP contribution in [0.2, 0.25) is 0 Å². The van der Waals surface area contributed by atoms with Gasteiger partial charge in [0, 0.05) is 22.7 Å². The van der Waals surface area contributed by atoms with Crippen molar-refractivity contribution in [2.75, 3.05) is 5.73 Å². The van der Waals surface area contributed by atoms with Crippen LogP contribution in [0, 0.1) is 0 Å². The second kappa shape index (κ2) is 6.54. The van der Waals surface area contributed by atoms with Gasteiger partial charge in [-0.2, -0.15) is 13.2 Å². The maximum Gasteiger partial charge on any atom is 0.418 e. The van der Waals surface area contributed by atoms with Gasteiger partial charge in [-0.05, 0) is 43.4 Å². The summed E-state index contributed by atoms with van der Waals surface area (Å²) in [6, 6.07) is 2.70. The molecule has 0 saturated heterocycles. The Balaban J connectivity index is 2.11. The Morgan fingerprint density at radius 3 is 2.67 bits per heavy atom. The summed E-state index contributed by atoms with van der Waals surface area (Å²) in [6.45, 7) is 0.256. The predicted molar refractivity (Wildman–Crippen MR) is 78.7 cm³/mol. The van der Waals surface area contributed by atoms with Crippen LogP contribution in [0.15, 0.2) is 16.6 Å². The third-order valence-electron chi connectivity index (χ3n) is 3.76. The van der Waals surface area contributed by atoms with Crippen molar-refractivity contribution in [2.45, 2.75) is 50.6 Å². The van der Waals surface area contributed by atoms with E-state index in [0.717, 1.165) is 25.3 Å². The molecule has 1 saturated carbocycles. The highest BCUT2D eigenvalue weighted by Gasteiger charge is 2.34. The van der Waals surface area contributed by atoms with E-state index < -0.39 is 11.7 Å². The Kier molecular flexibility index (Phi) is 5.16. The second-order valence-electron chi connectivity index (χ2n) is 5.42. The van der Waals surface area contributed by atoms with Crippen molar-refractivity contribution >= 4 is 21.6 Å². The smallest absolute Gasteiger partial charge is 0.398 e. The largest absolute Gasteiger partial charge is 0.418 e. The van der Waals surface area contributed by atoms with E-state index in [9.17, 15) is 18.3 Å². The number of aliphatic hydroxyl groups excluding tert-OH is 1. The topological polar surface area (TPSA) is 58.3 Å². The van der Waals surface area contributed by atoms with E-state index in [-0.39, 0.29) is 24.4 Å². The molecule has 2 atom stereocenters. The van der Waals surface area contributed by atoms with E-state index in [1.54, 1.807) is 6.07 Å². The highest BCUT2D eigenvalue weighted by molar-refractivity contribution is 9.10. The highest BCUT2D eigenvalue weighted by Crippen LogP contribution is 2.37. The molecule has 0 amide bonds. The van der Waals surface area contributed by atoms with Crippen LogP contribution >= 0.6 is 15.9 Å². The first-order chi connectivity index (χ1) is 9.77. The summed E-state index contributed by atoms with van der Waals surface area (Å²) in [7, 11) is 0. The van der Waals surface area contributed by atoms with E-state index in [1.807, 2.05) is 0 Å². The number of halogens is 4. The third-order valence-corrected chi connectivity index (χ3v) is 4.22. The van der Waals surface area contributed by atoms with Crippen molar-refractivity contribution in [3.63, 3.8) is 0 Å². The fourth-order valence-electron chi connectivity index (χ4n) is 2.66. The molecule has 1 aromatic rings. The molecule has 1 aliphatic rings. The van der Waals surface area contributed by atoms with Gasteiger partial charge >= 0.3 is 6.18 Å². The molecule has 21 heavy (non-hydrogen) atoms. The van der Waals surface area contributed by atoms with Gasteiger partial charge < -0.3 is 16.2 Å². The Labute approximate surface area is 129 Å². The zero-order chi connectivity index (χ0) is 15.6. The van der Waals surface area contributed by atoms with E-state index in [4.69, 9.17) is 5.73 Å². The van der Waals surface area contributed by atoms with Crippen LogP contribution in [0.1, 0.15) is 36.8 Å². The van der Waals surface area contributed by atoms with Crippen LogP contribution in [0.5, 0.6) is 0 Å². The monoisotopic (exact) mass is 366 g/mol. The van der Waals surface area contributed by atoms with Crippen LogP contribution in [0.25, 0.3) is 0 Å².